The molecule has 0 spiro atoms. The van der Waals surface area contributed by atoms with Crippen molar-refractivity contribution in [1.29, 1.82) is 0 Å². The van der Waals surface area contributed by atoms with E-state index in [0.717, 1.165) is 0 Å². The van der Waals surface area contributed by atoms with Crippen molar-refractivity contribution in [3.63, 3.8) is 0 Å². The van der Waals surface area contributed by atoms with Gasteiger partial charge < -0.3 is 15.1 Å². The number of hydrogen-bond acceptors (Lipinski definition) is 6. The molecule has 6 nitrogen and oxygen atoms in total. The smallest absolute Gasteiger partial charge is 0.362 e. The Morgan fingerprint density at radius 3 is 1.91 bits per heavy atom. The van der Waals surface area contributed by atoms with E-state index in [2.05, 4.69) is 9.83 Å². The molecule has 6 heteroatoms. The number of hydrogen-bond donors (Lipinski definition) is 3. The normalized spacial score (nSPS) is 11.5. The molecule has 0 bridgehead atoms. The Morgan fingerprint density at radius 2 is 1.55 bits per heavy atom. The van der Waals surface area contributed by atoms with Crippen LogP contribution in [0.1, 0.15) is 18.1 Å². The molecular weight excluding hydrogens is 284 g/mol. The number of phenols is 2. The molecule has 0 aromatic heterocycles. The predicted octanol–water partition coefficient (Wildman–Crippen LogP) is 1.85. The van der Waals surface area contributed by atoms with Gasteiger partial charge in [-0.3, -0.25) is 4.99 Å². The summed E-state index contributed by atoms with van der Waals surface area (Å²) in [4.78, 5) is 21.0. The van der Waals surface area contributed by atoms with Crippen LogP contribution in [0.15, 0.2) is 53.5 Å². The first-order valence-corrected chi connectivity index (χ1v) is 6.56. The lowest BCUT2D eigenvalue weighted by Crippen LogP contribution is -2.38. The second-order valence-electron chi connectivity index (χ2n) is 4.54. The number of benzene rings is 2. The maximum Gasteiger partial charge on any atom is 0.362 e. The van der Waals surface area contributed by atoms with E-state index in [0.29, 0.717) is 0 Å². The monoisotopic (exact) mass is 300 g/mol. The van der Waals surface area contributed by atoms with Crippen LogP contribution in [-0.4, -0.2) is 22.4 Å². The lowest BCUT2D eigenvalue weighted by atomic mass is 9.82. The maximum absolute atomic E-state index is 12.4. The number of aromatic hydroxyl groups is 2. The van der Waals surface area contributed by atoms with Gasteiger partial charge in [-0.25, -0.2) is 4.79 Å². The molecule has 0 aliphatic heterocycles. The van der Waals surface area contributed by atoms with E-state index in [4.69, 9.17) is 5.90 Å². The summed E-state index contributed by atoms with van der Waals surface area (Å²) in [6.45, 7) is 1.61. The molecule has 2 aromatic rings. The molecule has 2 rings (SSSR count). The number of para-hydroxylation sites is 2. The second kappa shape index (κ2) is 6.28. The zero-order valence-corrected chi connectivity index (χ0v) is 11.9. The molecule has 0 amide bonds. The Morgan fingerprint density at radius 1 is 1.09 bits per heavy atom. The Kier molecular flexibility index (Phi) is 4.43. The zero-order chi connectivity index (χ0) is 16.2. The van der Waals surface area contributed by atoms with Crippen LogP contribution in [0.25, 0.3) is 0 Å². The fraction of sp³-hybridized carbons (Fsp3) is 0.125. The molecule has 0 aliphatic rings. The average molecular weight is 300 g/mol. The molecule has 4 N–H and O–H groups in total. The van der Waals surface area contributed by atoms with Crippen molar-refractivity contribution in [3.05, 3.63) is 59.7 Å². The highest BCUT2D eigenvalue weighted by Crippen LogP contribution is 2.42. The highest BCUT2D eigenvalue weighted by Gasteiger charge is 2.46. The van der Waals surface area contributed by atoms with Crippen LogP contribution >= 0.6 is 0 Å². The van der Waals surface area contributed by atoms with Crippen LogP contribution < -0.4 is 5.90 Å². The molecule has 0 saturated heterocycles. The van der Waals surface area contributed by atoms with E-state index in [9.17, 15) is 15.0 Å². The second-order valence-corrected chi connectivity index (χ2v) is 4.54. The third-order valence-corrected chi connectivity index (χ3v) is 3.31. The van der Waals surface area contributed by atoms with Crippen molar-refractivity contribution in [1.82, 2.24) is 0 Å². The molecule has 0 unspecified atom stereocenters. The van der Waals surface area contributed by atoms with Gasteiger partial charge in [0.15, 0.2) is 0 Å². The molecule has 0 radical (unpaired) electrons. The Bertz CT molecular complexity index is 667. The van der Waals surface area contributed by atoms with Crippen molar-refractivity contribution in [2.24, 2.45) is 10.9 Å². The first-order valence-electron chi connectivity index (χ1n) is 6.56. The van der Waals surface area contributed by atoms with Crippen LogP contribution in [0, 0.1) is 0 Å². The number of rotatable bonds is 4. The molecule has 2 aromatic carbocycles. The minimum atomic E-state index is -1.79. The number of carbonyl (C=O) groups is 1. The van der Waals surface area contributed by atoms with Gasteiger partial charge in [0, 0.05) is 11.1 Å². The van der Waals surface area contributed by atoms with E-state index in [-0.39, 0.29) is 22.6 Å². The Hall–Kier alpha value is -2.86. The minimum absolute atomic E-state index is 0.157. The summed E-state index contributed by atoms with van der Waals surface area (Å²) in [6.07, 6.45) is 1.38. The first kappa shape index (κ1) is 15.5. The van der Waals surface area contributed by atoms with Crippen LogP contribution in [0.2, 0.25) is 0 Å². The van der Waals surface area contributed by atoms with Gasteiger partial charge in [-0.1, -0.05) is 36.4 Å². The summed E-state index contributed by atoms with van der Waals surface area (Å²) < 4.78 is 0. The number of carbonyl (C=O) groups excluding carboxylic acids is 1. The quantitative estimate of drug-likeness (QED) is 0.590. The standard InChI is InChI=1S/C16H16N2O4/c1-2-18-16(15(21)22-17,11-7-3-5-9-13(11)19)12-8-4-6-10-14(12)20/h2-10,19-20H,17H2,1H3. The van der Waals surface area contributed by atoms with Gasteiger partial charge in [-0.2, -0.15) is 5.90 Å². The summed E-state index contributed by atoms with van der Waals surface area (Å²) in [6, 6.07) is 12.4. The fourth-order valence-corrected chi connectivity index (χ4v) is 2.39. The van der Waals surface area contributed by atoms with Crippen LogP contribution in [0.4, 0.5) is 0 Å². The molecule has 0 atom stereocenters. The van der Waals surface area contributed by atoms with Gasteiger partial charge in [-0.05, 0) is 25.3 Å². The van der Waals surface area contributed by atoms with Crippen LogP contribution in [0.5, 0.6) is 11.5 Å². The number of nitrogens with two attached hydrogens (primary N) is 1. The molecule has 114 valence electrons. The highest BCUT2D eigenvalue weighted by atomic mass is 16.7. The third-order valence-electron chi connectivity index (χ3n) is 3.31. The molecule has 0 saturated carbocycles. The van der Waals surface area contributed by atoms with Crippen molar-refractivity contribution < 1.29 is 19.8 Å². The van der Waals surface area contributed by atoms with E-state index in [1.807, 2.05) is 0 Å². The van der Waals surface area contributed by atoms with Crippen LogP contribution in [0.3, 0.4) is 0 Å². The van der Waals surface area contributed by atoms with Gasteiger partial charge in [0.2, 0.25) is 5.54 Å². The molecule has 0 fully saturated rings. The van der Waals surface area contributed by atoms with Gasteiger partial charge >= 0.3 is 5.97 Å². The largest absolute Gasteiger partial charge is 0.508 e. The predicted molar refractivity (Wildman–Crippen MR) is 81.4 cm³/mol. The topological polar surface area (TPSA) is 105 Å². The number of nitrogens with zero attached hydrogens (tertiary/aromatic N) is 1. The molecule has 0 heterocycles. The lowest BCUT2D eigenvalue weighted by molar-refractivity contribution is -0.149. The van der Waals surface area contributed by atoms with Crippen molar-refractivity contribution in [3.8, 4) is 11.5 Å². The van der Waals surface area contributed by atoms with Crippen molar-refractivity contribution in [2.45, 2.75) is 12.5 Å². The average Bonchev–Trinajstić information content (AvgIpc) is 2.53. The third kappa shape index (κ3) is 2.40. The van der Waals surface area contributed by atoms with E-state index in [1.165, 1.54) is 30.5 Å². The SMILES string of the molecule is CC=NC(C(=O)ON)(c1ccccc1O)c1ccccc1O. The Labute approximate surface area is 127 Å². The van der Waals surface area contributed by atoms with E-state index >= 15 is 0 Å². The molecule has 0 aliphatic carbocycles. The highest BCUT2D eigenvalue weighted by molar-refractivity contribution is 5.90. The van der Waals surface area contributed by atoms with Gasteiger partial charge in [0.25, 0.3) is 0 Å². The molecule has 22 heavy (non-hydrogen) atoms. The Balaban J connectivity index is 2.88. The lowest BCUT2D eigenvalue weighted by Gasteiger charge is -2.28. The number of phenolic OH excluding ortho intramolecular Hbond substituents is 2. The van der Waals surface area contributed by atoms with Gasteiger partial charge in [0.05, 0.1) is 0 Å². The number of aliphatic imine (C=N–C) groups is 1. The van der Waals surface area contributed by atoms with Gasteiger partial charge in [-0.15, -0.1) is 0 Å². The van der Waals surface area contributed by atoms with Crippen molar-refractivity contribution >= 4 is 12.2 Å². The summed E-state index contributed by atoms with van der Waals surface area (Å²) in [5.74, 6) is 3.82. The van der Waals surface area contributed by atoms with Gasteiger partial charge in [0.1, 0.15) is 11.5 Å². The fourth-order valence-electron chi connectivity index (χ4n) is 2.39. The zero-order valence-electron chi connectivity index (χ0n) is 11.9. The molecular formula is C16H16N2O4. The minimum Gasteiger partial charge on any atom is -0.508 e. The maximum atomic E-state index is 12.4. The van der Waals surface area contributed by atoms with E-state index < -0.39 is 11.5 Å². The summed E-state index contributed by atoms with van der Waals surface area (Å²) in [5.41, 5.74) is -1.48. The summed E-state index contributed by atoms with van der Waals surface area (Å²) in [7, 11) is 0. The van der Waals surface area contributed by atoms with Crippen molar-refractivity contribution in [2.75, 3.05) is 0 Å². The summed E-state index contributed by atoms with van der Waals surface area (Å²) in [5, 5.41) is 20.3. The first-order chi connectivity index (χ1) is 10.6. The summed E-state index contributed by atoms with van der Waals surface area (Å²) >= 11 is 0. The van der Waals surface area contributed by atoms with E-state index in [1.54, 1.807) is 31.2 Å². The van der Waals surface area contributed by atoms with Crippen LogP contribution in [-0.2, 0) is 15.2 Å².